The van der Waals surface area contributed by atoms with Gasteiger partial charge in [0.1, 0.15) is 0 Å². The van der Waals surface area contributed by atoms with Crippen LogP contribution in [0.5, 0.6) is 0 Å². The first kappa shape index (κ1) is 40.4. The van der Waals surface area contributed by atoms with Gasteiger partial charge in [0.2, 0.25) is 0 Å². The fourth-order valence-electron chi connectivity index (χ4n) is 3.91. The van der Waals surface area contributed by atoms with Gasteiger partial charge in [-0.05, 0) is 0 Å². The molecule has 0 atom stereocenters. The van der Waals surface area contributed by atoms with Crippen molar-refractivity contribution >= 4 is 72.2 Å². The summed E-state index contributed by atoms with van der Waals surface area (Å²) in [5, 5.41) is 0. The molecule has 0 unspecified atom stereocenters. The molecule has 0 saturated carbocycles. The van der Waals surface area contributed by atoms with Crippen LogP contribution >= 0.6 is 0 Å². The van der Waals surface area contributed by atoms with Crippen molar-refractivity contribution in [2.24, 2.45) is 0 Å². The van der Waals surface area contributed by atoms with Gasteiger partial charge in [-0.25, -0.2) is 0 Å². The van der Waals surface area contributed by atoms with Crippen molar-refractivity contribution in [3.63, 3.8) is 0 Å². The third kappa shape index (κ3) is 47.2. The third-order valence-electron chi connectivity index (χ3n) is 3.37. The first-order chi connectivity index (χ1) is 14.5. The Morgan fingerprint density at radius 1 is 0.382 bits per heavy atom. The van der Waals surface area contributed by atoms with Crippen molar-refractivity contribution in [2.45, 2.75) is 137 Å². The van der Waals surface area contributed by atoms with Gasteiger partial charge in [-0.1, -0.05) is 167 Å². The van der Waals surface area contributed by atoms with Crippen LogP contribution in [0.3, 0.4) is 0 Å². The van der Waals surface area contributed by atoms with E-state index >= 15 is 0 Å². The van der Waals surface area contributed by atoms with E-state index in [-0.39, 0.29) is 0 Å². The summed E-state index contributed by atoms with van der Waals surface area (Å²) in [6.07, 6.45) is 4.33. The van der Waals surface area contributed by atoms with E-state index in [9.17, 15) is 0 Å². The van der Waals surface area contributed by atoms with Gasteiger partial charge in [0.05, 0.1) is 0 Å². The number of hydrogen-bond acceptors (Lipinski definition) is 1. The molecule has 1 rings (SSSR count). The van der Waals surface area contributed by atoms with Crippen LogP contribution in [0.15, 0.2) is 0 Å². The Bertz CT molecular complexity index is 407. The van der Waals surface area contributed by atoms with E-state index in [1.807, 2.05) is 0 Å². The molecule has 204 valence electrons. The first-order valence-corrected chi connectivity index (χ1v) is 35.2. The molecule has 1 heterocycles. The monoisotopic (exact) mass is 684 g/mol. The van der Waals surface area contributed by atoms with E-state index in [4.69, 9.17) is 13.9 Å². The summed E-state index contributed by atoms with van der Waals surface area (Å²) in [6, 6.07) is 0. The Morgan fingerprint density at radius 3 is 0.618 bits per heavy atom. The van der Waals surface area contributed by atoms with Crippen LogP contribution in [0.25, 0.3) is 13.9 Å². The molecule has 0 N–H and O–H groups in total. The maximum absolute atomic E-state index is 4.82. The zero-order valence-electron chi connectivity index (χ0n) is 26.8. The molecule has 11 heteroatoms. The quantitative estimate of drug-likeness (QED) is 0.257. The predicted octanol–water partition coefficient (Wildman–Crippen LogP) is 9.65. The molecule has 0 bridgehead atoms. The van der Waals surface area contributed by atoms with Gasteiger partial charge < -0.3 is 13.9 Å². The molecule has 0 amide bonds. The van der Waals surface area contributed by atoms with Crippen LogP contribution in [-0.2, 0) is 0 Å². The second-order valence-corrected chi connectivity index (χ2v) is 45.9. The summed E-state index contributed by atoms with van der Waals surface area (Å²) in [6.45, 7) is 44.1. The Hall–Kier alpha value is 1.94. The van der Waals surface area contributed by atoms with E-state index in [0.717, 1.165) is 0 Å². The molecule has 0 spiro atoms. The molecule has 0 aliphatic carbocycles. The van der Waals surface area contributed by atoms with Crippen LogP contribution < -0.4 is 0 Å². The van der Waals surface area contributed by atoms with Gasteiger partial charge in [-0.3, -0.25) is 0 Å². The Balaban J connectivity index is -0.000000378. The van der Waals surface area contributed by atoms with Crippen molar-refractivity contribution in [1.29, 1.82) is 0 Å². The summed E-state index contributed by atoms with van der Waals surface area (Å²) >= 11 is 1.60. The maximum atomic E-state index is 4.82. The normalized spacial score (nSPS) is 16.4. The molecule has 0 aromatic carbocycles. The van der Waals surface area contributed by atoms with Crippen LogP contribution in [0.4, 0.5) is 0 Å². The predicted molar refractivity (Wildman–Crippen MR) is 181 cm³/mol. The third-order valence-corrected chi connectivity index (χ3v) is 20.7. The number of rotatable bonds is 6. The van der Waals surface area contributed by atoms with Crippen molar-refractivity contribution in [3.05, 3.63) is 13.9 Å². The van der Waals surface area contributed by atoms with Gasteiger partial charge in [-0.2, -0.15) is 0 Å². The van der Waals surface area contributed by atoms with Crippen molar-refractivity contribution in [3.8, 4) is 0 Å². The molecule has 34 heavy (non-hydrogen) atoms. The second kappa shape index (κ2) is 16.8. The first-order valence-electron chi connectivity index (χ1n) is 13.2. The molecule has 0 radical (unpaired) electrons. The molecule has 1 fully saturated rings. The summed E-state index contributed by atoms with van der Waals surface area (Å²) in [5.41, 5.74) is 0. The molecular formula is C23H64N4Si6Sn. The molecule has 1 aliphatic rings. The summed E-state index contributed by atoms with van der Waals surface area (Å²) < 4.78 is 16.9. The van der Waals surface area contributed by atoms with Crippen molar-refractivity contribution in [2.75, 3.05) is 13.1 Å². The molecule has 1 saturated heterocycles. The minimum absolute atomic E-state index is 1.11. The van der Waals surface area contributed by atoms with E-state index in [1.165, 1.54) is 32.4 Å². The van der Waals surface area contributed by atoms with Crippen LogP contribution in [-0.4, -0.2) is 88.4 Å². The zero-order chi connectivity index (χ0) is 28.2. The summed E-state index contributed by atoms with van der Waals surface area (Å²) in [5.74, 6) is 0. The van der Waals surface area contributed by atoms with Crippen LogP contribution in [0.2, 0.25) is 118 Å². The van der Waals surface area contributed by atoms with E-state index < -0.39 is 49.4 Å². The fraction of sp³-hybridized carbons (Fsp3) is 1.00. The molecular weight excluding hydrogens is 620 g/mol. The average Bonchev–Trinajstić information content (AvgIpc) is 2.37. The number of piperidine rings is 1. The Kier molecular flexibility index (Phi) is 20.0. The van der Waals surface area contributed by atoms with Gasteiger partial charge >= 0.3 is 58.3 Å². The summed E-state index contributed by atoms with van der Waals surface area (Å²) in [4.78, 5) is 0. The van der Waals surface area contributed by atoms with Gasteiger partial charge in [-0.15, -0.1) is 0 Å². The Morgan fingerprint density at radius 2 is 0.559 bits per heavy atom. The Labute approximate surface area is 238 Å². The SMILES string of the molecule is C[Si](C)(C)[N-][Si](C)(C)C.C[Si](C)(C)[N-][Si](C)(C)C.C[Si](C)(C)[N-][Si](C)(C)C.[Sn+3][N]1CCCCC1. The van der Waals surface area contributed by atoms with Crippen LogP contribution in [0, 0.1) is 0 Å². The molecule has 1 aliphatic heterocycles. The fourth-order valence-corrected chi connectivity index (χ4v) is 29.0. The van der Waals surface area contributed by atoms with Crippen molar-refractivity contribution in [1.82, 2.24) is 3.12 Å². The van der Waals surface area contributed by atoms with E-state index in [1.54, 1.807) is 22.8 Å². The standard InChI is InChI=1S/3C6H18NSi2.C5H10N.Sn/c3*1-8(2,3)7-9(4,5)6;1-2-4-6-5-3-1;/h3*1-6H3;1-5H2;/q4*-1;+4. The molecule has 4 nitrogen and oxygen atoms in total. The minimum atomic E-state index is -1.11. The van der Waals surface area contributed by atoms with Crippen molar-refractivity contribution < 1.29 is 0 Å². The zero-order valence-corrected chi connectivity index (χ0v) is 35.7. The topological polar surface area (TPSA) is 45.5 Å². The van der Waals surface area contributed by atoms with E-state index in [0.29, 0.717) is 0 Å². The number of nitrogens with zero attached hydrogens (tertiary/aromatic N) is 4. The molecule has 0 aromatic rings. The van der Waals surface area contributed by atoms with Gasteiger partial charge in [0, 0.05) is 0 Å². The second-order valence-electron chi connectivity index (χ2n) is 15.4. The number of hydrogen-bond donors (Lipinski definition) is 0. The van der Waals surface area contributed by atoms with Gasteiger partial charge in [0.25, 0.3) is 0 Å². The average molecular weight is 684 g/mol. The van der Waals surface area contributed by atoms with Gasteiger partial charge in [0.15, 0.2) is 0 Å². The van der Waals surface area contributed by atoms with E-state index in [2.05, 4.69) is 121 Å². The van der Waals surface area contributed by atoms with Crippen LogP contribution in [0.1, 0.15) is 19.3 Å². The summed E-state index contributed by atoms with van der Waals surface area (Å²) in [7, 11) is -6.64. The molecule has 0 aromatic heterocycles.